The van der Waals surface area contributed by atoms with Gasteiger partial charge in [-0.1, -0.05) is 23.7 Å². The topological polar surface area (TPSA) is 47.6 Å². The van der Waals surface area contributed by atoms with E-state index in [2.05, 4.69) is 5.32 Å². The van der Waals surface area contributed by atoms with Crippen LogP contribution in [-0.4, -0.2) is 25.7 Å². The van der Waals surface area contributed by atoms with E-state index in [4.69, 9.17) is 21.1 Å². The number of fused-ring (bicyclic) bond motifs is 1. The van der Waals surface area contributed by atoms with Gasteiger partial charge in [0.25, 0.3) is 0 Å². The highest BCUT2D eigenvalue weighted by Gasteiger charge is 2.16. The third-order valence-electron chi connectivity index (χ3n) is 3.85. The molecule has 25 heavy (non-hydrogen) atoms. The minimum absolute atomic E-state index is 0.123. The van der Waals surface area contributed by atoms with Gasteiger partial charge in [-0.3, -0.25) is 4.79 Å². The molecule has 0 aliphatic carbocycles. The summed E-state index contributed by atoms with van der Waals surface area (Å²) < 4.78 is 24.3. The molecule has 2 aromatic rings. The van der Waals surface area contributed by atoms with Gasteiger partial charge in [-0.15, -0.1) is 0 Å². The van der Waals surface area contributed by atoms with Crippen LogP contribution in [-0.2, 0) is 17.6 Å². The van der Waals surface area contributed by atoms with E-state index in [1.807, 2.05) is 6.07 Å². The van der Waals surface area contributed by atoms with Crippen molar-refractivity contribution < 1.29 is 18.7 Å². The zero-order valence-electron chi connectivity index (χ0n) is 13.7. The van der Waals surface area contributed by atoms with Gasteiger partial charge in [0.05, 0.1) is 24.7 Å². The number of rotatable bonds is 5. The fraction of sp³-hybridized carbons (Fsp3) is 0.316. The molecule has 0 saturated heterocycles. The molecule has 0 spiro atoms. The van der Waals surface area contributed by atoms with Crippen molar-refractivity contribution in [2.24, 2.45) is 0 Å². The molecule has 1 aliphatic rings. The highest BCUT2D eigenvalue weighted by Crippen LogP contribution is 2.38. The minimum Gasteiger partial charge on any atom is -0.489 e. The van der Waals surface area contributed by atoms with Gasteiger partial charge in [0.1, 0.15) is 5.82 Å². The molecular formula is C19H19ClFNO3. The molecule has 0 radical (unpaired) electrons. The van der Waals surface area contributed by atoms with Gasteiger partial charge >= 0.3 is 0 Å². The monoisotopic (exact) mass is 363 g/mol. The molecule has 132 valence electrons. The minimum atomic E-state index is -0.273. The molecule has 0 aromatic heterocycles. The third-order valence-corrected chi connectivity index (χ3v) is 4.13. The summed E-state index contributed by atoms with van der Waals surface area (Å²) >= 11 is 6.23. The second-order valence-electron chi connectivity index (χ2n) is 5.86. The zero-order chi connectivity index (χ0) is 17.6. The molecule has 0 fully saturated rings. The number of carbonyl (C=O) groups excluding carboxylic acids is 1. The van der Waals surface area contributed by atoms with E-state index in [0.717, 1.165) is 17.5 Å². The average Bonchev–Trinajstić information content (AvgIpc) is 2.81. The number of hydrogen-bond acceptors (Lipinski definition) is 3. The van der Waals surface area contributed by atoms with E-state index in [0.29, 0.717) is 42.7 Å². The van der Waals surface area contributed by atoms with Crippen LogP contribution in [0.5, 0.6) is 11.5 Å². The van der Waals surface area contributed by atoms with Crippen molar-refractivity contribution >= 4 is 17.5 Å². The van der Waals surface area contributed by atoms with Crippen molar-refractivity contribution in [3.05, 3.63) is 58.4 Å². The van der Waals surface area contributed by atoms with E-state index >= 15 is 0 Å². The molecule has 4 nitrogen and oxygen atoms in total. The molecule has 0 atom stereocenters. The summed E-state index contributed by atoms with van der Waals surface area (Å²) in [5.41, 5.74) is 1.61. The van der Waals surface area contributed by atoms with Gasteiger partial charge in [0.2, 0.25) is 5.91 Å². The second-order valence-corrected chi connectivity index (χ2v) is 6.27. The van der Waals surface area contributed by atoms with Crippen molar-refractivity contribution in [1.82, 2.24) is 5.32 Å². The molecule has 0 saturated carbocycles. The predicted molar refractivity (Wildman–Crippen MR) is 93.9 cm³/mol. The zero-order valence-corrected chi connectivity index (χ0v) is 14.4. The smallest absolute Gasteiger partial charge is 0.224 e. The Morgan fingerprint density at radius 2 is 2.00 bits per heavy atom. The lowest BCUT2D eigenvalue weighted by molar-refractivity contribution is -0.120. The Labute approximate surface area is 150 Å². The summed E-state index contributed by atoms with van der Waals surface area (Å²) in [5, 5.41) is 3.28. The van der Waals surface area contributed by atoms with E-state index in [1.165, 1.54) is 12.1 Å². The van der Waals surface area contributed by atoms with Crippen LogP contribution < -0.4 is 14.8 Å². The Morgan fingerprint density at radius 1 is 1.16 bits per heavy atom. The number of nitrogens with one attached hydrogen (secondary N) is 1. The lowest BCUT2D eigenvalue weighted by Crippen LogP contribution is -2.27. The second kappa shape index (κ2) is 8.21. The van der Waals surface area contributed by atoms with Crippen LogP contribution >= 0.6 is 11.6 Å². The number of benzene rings is 2. The van der Waals surface area contributed by atoms with Crippen molar-refractivity contribution in [1.29, 1.82) is 0 Å². The predicted octanol–water partition coefficient (Wildman–Crippen LogP) is 3.54. The number of halogens is 2. The van der Waals surface area contributed by atoms with Gasteiger partial charge in [-0.25, -0.2) is 4.39 Å². The first-order chi connectivity index (χ1) is 12.1. The van der Waals surface area contributed by atoms with Crippen molar-refractivity contribution in [2.45, 2.75) is 19.3 Å². The number of ether oxygens (including phenoxy) is 2. The highest BCUT2D eigenvalue weighted by atomic mass is 35.5. The summed E-state index contributed by atoms with van der Waals surface area (Å²) in [6.07, 6.45) is 1.56. The number of hydrogen-bond donors (Lipinski definition) is 1. The molecule has 6 heteroatoms. The van der Waals surface area contributed by atoms with Gasteiger partial charge in [-0.2, -0.15) is 0 Å². The fourth-order valence-electron chi connectivity index (χ4n) is 2.67. The Balaban J connectivity index is 1.56. The number of amides is 1. The van der Waals surface area contributed by atoms with Gasteiger partial charge in [-0.05, 0) is 41.8 Å². The number of carbonyl (C=O) groups is 1. The van der Waals surface area contributed by atoms with Crippen molar-refractivity contribution in [3.8, 4) is 11.5 Å². The quantitative estimate of drug-likeness (QED) is 0.883. The lowest BCUT2D eigenvalue weighted by atomic mass is 10.1. The maximum Gasteiger partial charge on any atom is 0.224 e. The van der Waals surface area contributed by atoms with Crippen molar-refractivity contribution in [3.63, 3.8) is 0 Å². The highest BCUT2D eigenvalue weighted by molar-refractivity contribution is 6.32. The molecule has 3 rings (SSSR count). The van der Waals surface area contributed by atoms with Crippen LogP contribution in [0.2, 0.25) is 5.02 Å². The van der Waals surface area contributed by atoms with Crippen LogP contribution in [0, 0.1) is 5.82 Å². The van der Waals surface area contributed by atoms with Crippen LogP contribution in [0.1, 0.15) is 17.5 Å². The normalized spacial score (nSPS) is 13.2. The standard InChI is InChI=1S/C19H19ClFNO3/c20-16-10-14(11-17-19(16)25-8-2-7-24-17)12-18(23)22-6-5-13-3-1-4-15(21)9-13/h1,3-4,9-11H,2,5-8,12H2,(H,22,23). The third kappa shape index (κ3) is 4.86. The molecule has 0 unspecified atom stereocenters. The molecule has 2 aromatic carbocycles. The van der Waals surface area contributed by atoms with Crippen LogP contribution in [0.25, 0.3) is 0 Å². The van der Waals surface area contributed by atoms with Crippen LogP contribution in [0.4, 0.5) is 4.39 Å². The summed E-state index contributed by atoms with van der Waals surface area (Å²) in [7, 11) is 0. The molecule has 1 aliphatic heterocycles. The van der Waals surface area contributed by atoms with Gasteiger partial charge in [0, 0.05) is 13.0 Å². The van der Waals surface area contributed by atoms with E-state index in [-0.39, 0.29) is 18.1 Å². The van der Waals surface area contributed by atoms with E-state index in [9.17, 15) is 9.18 Å². The average molecular weight is 364 g/mol. The largest absolute Gasteiger partial charge is 0.489 e. The van der Waals surface area contributed by atoms with Crippen LogP contribution in [0.3, 0.4) is 0 Å². The van der Waals surface area contributed by atoms with E-state index < -0.39 is 0 Å². The van der Waals surface area contributed by atoms with Gasteiger partial charge in [0.15, 0.2) is 11.5 Å². The molecule has 0 bridgehead atoms. The summed E-state index contributed by atoms with van der Waals surface area (Å²) in [5.74, 6) is 0.717. The Kier molecular flexibility index (Phi) is 5.76. The maximum atomic E-state index is 13.1. The fourth-order valence-corrected chi connectivity index (χ4v) is 2.96. The Morgan fingerprint density at radius 3 is 2.84 bits per heavy atom. The molecular weight excluding hydrogens is 345 g/mol. The Hall–Kier alpha value is -2.27. The summed E-state index contributed by atoms with van der Waals surface area (Å²) in [4.78, 5) is 12.1. The Bertz CT molecular complexity index is 766. The molecule has 1 heterocycles. The first-order valence-corrected chi connectivity index (χ1v) is 8.59. The summed E-state index contributed by atoms with van der Waals surface area (Å²) in [6, 6.07) is 9.87. The SMILES string of the molecule is O=C(Cc1cc(Cl)c2c(c1)OCCCO2)NCCc1cccc(F)c1. The van der Waals surface area contributed by atoms with Crippen molar-refractivity contribution in [2.75, 3.05) is 19.8 Å². The first kappa shape index (κ1) is 17.5. The molecule has 1 amide bonds. The van der Waals surface area contributed by atoms with Crippen LogP contribution in [0.15, 0.2) is 36.4 Å². The molecule has 1 N–H and O–H groups in total. The maximum absolute atomic E-state index is 13.1. The summed E-state index contributed by atoms with van der Waals surface area (Å²) in [6.45, 7) is 1.57. The lowest BCUT2D eigenvalue weighted by Gasteiger charge is -2.12. The van der Waals surface area contributed by atoms with E-state index in [1.54, 1.807) is 18.2 Å². The first-order valence-electron chi connectivity index (χ1n) is 8.21. The van der Waals surface area contributed by atoms with Gasteiger partial charge < -0.3 is 14.8 Å².